The summed E-state index contributed by atoms with van der Waals surface area (Å²) in [6.07, 6.45) is 18.3. The molecular weight excluding hydrogens is 555 g/mol. The van der Waals surface area contributed by atoms with Gasteiger partial charge in [-0.1, -0.05) is 120 Å². The second-order valence-electron chi connectivity index (χ2n) is 10.9. The molecule has 1 unspecified atom stereocenters. The summed E-state index contributed by atoms with van der Waals surface area (Å²) in [7, 11) is -4.44. The Morgan fingerprint density at radius 3 is 1.79 bits per heavy atom. The van der Waals surface area contributed by atoms with E-state index in [1.165, 1.54) is 82.4 Å². The summed E-state index contributed by atoms with van der Waals surface area (Å²) in [6, 6.07) is 14.5. The molecule has 0 aromatic heterocycles. The fraction of sp³-hybridized carbons (Fsp3) is 0.697. The number of rotatable bonds is 28. The third-order valence-electron chi connectivity index (χ3n) is 7.21. The number of benzene rings is 2. The predicted octanol–water partition coefficient (Wildman–Crippen LogP) is 8.23. The van der Waals surface area contributed by atoms with Crippen molar-refractivity contribution in [2.75, 3.05) is 46.2 Å². The maximum absolute atomic E-state index is 10.6. The fourth-order valence-electron chi connectivity index (χ4n) is 4.91. The Morgan fingerprint density at radius 2 is 1.17 bits per heavy atom. The minimum atomic E-state index is -4.44. The molecule has 0 spiro atoms. The highest BCUT2D eigenvalue weighted by atomic mass is 31.2. The number of hydrogen-bond acceptors (Lipinski definition) is 6. The highest BCUT2D eigenvalue weighted by Gasteiger charge is 2.14. The molecule has 0 bridgehead atoms. The molecule has 0 amide bonds. The third kappa shape index (κ3) is 18.9. The summed E-state index contributed by atoms with van der Waals surface area (Å²) in [6.45, 7) is 4.28. The Morgan fingerprint density at radius 1 is 0.643 bits per heavy atom. The van der Waals surface area contributed by atoms with Gasteiger partial charge in [-0.15, -0.1) is 0 Å². The average Bonchev–Trinajstić information content (AvgIpc) is 2.97. The smallest absolute Gasteiger partial charge is 0.469 e. The molecule has 8 nitrogen and oxygen atoms in total. The largest absolute Gasteiger partial charge is 0.487 e. The molecule has 0 aliphatic carbocycles. The lowest BCUT2D eigenvalue weighted by Crippen LogP contribution is -2.24. The monoisotopic (exact) mass is 610 g/mol. The van der Waals surface area contributed by atoms with E-state index in [1.807, 2.05) is 24.3 Å². The Hall–Kier alpha value is -1.51. The number of ether oxygens (including phenoxy) is 4. The molecule has 1 atom stereocenters. The van der Waals surface area contributed by atoms with Crippen LogP contribution in [0.15, 0.2) is 42.5 Å². The van der Waals surface area contributed by atoms with Crippen LogP contribution in [0, 0.1) is 0 Å². The maximum atomic E-state index is 10.6. The van der Waals surface area contributed by atoms with E-state index >= 15 is 0 Å². The van der Waals surface area contributed by atoms with Gasteiger partial charge in [0.2, 0.25) is 0 Å². The number of hydrogen-bond donors (Lipinski definition) is 2. The molecule has 2 rings (SSSR count). The quantitative estimate of drug-likeness (QED) is 0.0734. The fourth-order valence-corrected chi connectivity index (χ4v) is 5.23. The highest BCUT2D eigenvalue weighted by Crippen LogP contribution is 2.35. The Balaban J connectivity index is 1.62. The lowest BCUT2D eigenvalue weighted by Gasteiger charge is -2.20. The molecule has 9 heteroatoms. The van der Waals surface area contributed by atoms with Crippen molar-refractivity contribution in [1.29, 1.82) is 0 Å². The van der Waals surface area contributed by atoms with Crippen molar-refractivity contribution in [3.63, 3.8) is 0 Å². The van der Waals surface area contributed by atoms with Gasteiger partial charge in [0.15, 0.2) is 0 Å². The van der Waals surface area contributed by atoms with Gasteiger partial charge in [-0.25, -0.2) is 4.57 Å². The van der Waals surface area contributed by atoms with Gasteiger partial charge in [-0.2, -0.15) is 0 Å². The Kier molecular flexibility index (Phi) is 20.9. The first-order valence-corrected chi connectivity index (χ1v) is 17.6. The van der Waals surface area contributed by atoms with Crippen molar-refractivity contribution >= 4 is 18.6 Å². The maximum Gasteiger partial charge on any atom is 0.469 e. The normalized spacial score (nSPS) is 12.6. The molecule has 0 heterocycles. The van der Waals surface area contributed by atoms with Crippen LogP contribution in [0.25, 0.3) is 10.8 Å². The molecule has 240 valence electrons. The third-order valence-corrected chi connectivity index (χ3v) is 7.73. The molecule has 0 saturated heterocycles. The van der Waals surface area contributed by atoms with Crippen LogP contribution in [0.5, 0.6) is 5.75 Å². The number of fused-ring (bicyclic) bond motifs is 1. The van der Waals surface area contributed by atoms with Crippen LogP contribution in [0.2, 0.25) is 0 Å². The molecular formula is C33H55O8P. The second kappa shape index (κ2) is 23.9. The molecule has 42 heavy (non-hydrogen) atoms. The van der Waals surface area contributed by atoms with E-state index in [0.29, 0.717) is 33.0 Å². The zero-order valence-corrected chi connectivity index (χ0v) is 26.7. The highest BCUT2D eigenvalue weighted by molar-refractivity contribution is 7.46. The first-order chi connectivity index (χ1) is 20.5. The second-order valence-corrected chi connectivity index (χ2v) is 12.1. The van der Waals surface area contributed by atoms with Gasteiger partial charge in [0.05, 0.1) is 46.2 Å². The lowest BCUT2D eigenvalue weighted by atomic mass is 10.0. The molecule has 0 radical (unpaired) electrons. The van der Waals surface area contributed by atoms with E-state index in [4.69, 9.17) is 28.7 Å². The molecule has 0 fully saturated rings. The van der Waals surface area contributed by atoms with Crippen LogP contribution < -0.4 is 4.74 Å². The molecule has 2 aromatic carbocycles. The topological polar surface area (TPSA) is 104 Å². The van der Waals surface area contributed by atoms with E-state index in [2.05, 4.69) is 29.6 Å². The summed E-state index contributed by atoms with van der Waals surface area (Å²) in [5.74, 6) is 0.896. The summed E-state index contributed by atoms with van der Waals surface area (Å²) in [5.41, 5.74) is 0. The Bertz CT molecular complexity index is 961. The van der Waals surface area contributed by atoms with Crippen molar-refractivity contribution in [2.45, 2.75) is 103 Å². The minimum absolute atomic E-state index is 0.0270. The first-order valence-electron chi connectivity index (χ1n) is 16.1. The van der Waals surface area contributed by atoms with Gasteiger partial charge in [0.25, 0.3) is 0 Å². The summed E-state index contributed by atoms with van der Waals surface area (Å²) in [5, 5.41) is 2.28. The van der Waals surface area contributed by atoms with E-state index < -0.39 is 7.82 Å². The van der Waals surface area contributed by atoms with Gasteiger partial charge in [0.1, 0.15) is 11.9 Å². The average molecular weight is 611 g/mol. The summed E-state index contributed by atoms with van der Waals surface area (Å²) >= 11 is 0. The standard InChI is InChI=1S/C33H55O8P/c1-2-3-4-5-6-7-8-9-10-11-12-13-14-20-31(41-33-22-17-19-30-18-15-16-21-32(30)33)29-39-26-25-37-23-24-38-27-28-40-42(34,35)36/h15-19,21-22,31H,2-14,20,23-29H2,1H3,(H2,34,35,36). The van der Waals surface area contributed by atoms with Crippen LogP contribution >= 0.6 is 7.82 Å². The molecule has 2 N–H and O–H groups in total. The summed E-state index contributed by atoms with van der Waals surface area (Å²) in [4.78, 5) is 17.3. The number of phosphoric ester groups is 1. The zero-order valence-electron chi connectivity index (χ0n) is 25.8. The van der Waals surface area contributed by atoms with Crippen LogP contribution in [0.3, 0.4) is 0 Å². The van der Waals surface area contributed by atoms with E-state index in [-0.39, 0.29) is 19.3 Å². The first kappa shape index (κ1) is 36.7. The van der Waals surface area contributed by atoms with Crippen molar-refractivity contribution in [3.05, 3.63) is 42.5 Å². The van der Waals surface area contributed by atoms with E-state index in [0.717, 1.165) is 24.0 Å². The minimum Gasteiger partial charge on any atom is -0.487 e. The lowest BCUT2D eigenvalue weighted by molar-refractivity contribution is -0.00935. The molecule has 0 aliphatic rings. The Labute approximate surface area is 253 Å². The van der Waals surface area contributed by atoms with E-state index in [9.17, 15) is 4.57 Å². The van der Waals surface area contributed by atoms with Crippen LogP contribution in [-0.2, 0) is 23.3 Å². The molecule has 0 aliphatic heterocycles. The molecule has 0 saturated carbocycles. The zero-order chi connectivity index (χ0) is 30.1. The van der Waals surface area contributed by atoms with Crippen molar-refractivity contribution < 1.29 is 37.8 Å². The van der Waals surface area contributed by atoms with E-state index in [1.54, 1.807) is 0 Å². The van der Waals surface area contributed by atoms with Gasteiger partial charge < -0.3 is 28.7 Å². The number of phosphoric acid groups is 1. The van der Waals surface area contributed by atoms with Crippen LogP contribution in [0.1, 0.15) is 96.8 Å². The van der Waals surface area contributed by atoms with Gasteiger partial charge in [0, 0.05) is 5.39 Å². The van der Waals surface area contributed by atoms with Crippen LogP contribution in [0.4, 0.5) is 0 Å². The van der Waals surface area contributed by atoms with Gasteiger partial charge in [-0.05, 0) is 24.3 Å². The molecule has 2 aromatic rings. The van der Waals surface area contributed by atoms with Crippen molar-refractivity contribution in [1.82, 2.24) is 0 Å². The SMILES string of the molecule is CCCCCCCCCCCCCCCC(COCCOCCOCCOP(=O)(O)O)Oc1cccc2ccccc12. The van der Waals surface area contributed by atoms with Crippen molar-refractivity contribution in [3.8, 4) is 5.75 Å². The van der Waals surface area contributed by atoms with Gasteiger partial charge >= 0.3 is 7.82 Å². The number of unbranched alkanes of at least 4 members (excludes halogenated alkanes) is 12. The van der Waals surface area contributed by atoms with Crippen LogP contribution in [-0.4, -0.2) is 62.1 Å². The summed E-state index contributed by atoms with van der Waals surface area (Å²) < 4.78 is 38.1. The van der Waals surface area contributed by atoms with Gasteiger partial charge in [-0.3, -0.25) is 4.52 Å². The van der Waals surface area contributed by atoms with Crippen molar-refractivity contribution in [2.24, 2.45) is 0 Å². The predicted molar refractivity (Wildman–Crippen MR) is 169 cm³/mol.